The number of H-pyrrole nitrogens is 1. The van der Waals surface area contributed by atoms with Gasteiger partial charge in [0, 0.05) is 42.4 Å². The zero-order chi connectivity index (χ0) is 21.0. The standard InChI is InChI=1S/C24H24N6O/c1-2-18-13-23(21-14-25-12-11-22(21)26-18)31-15-16-7-9-17(10-8-16)19-5-3-4-6-20(19)24-27-29-30-28-24/h3-10,13,25H,2,11-12,14-15H2,1H3,(H,27,28,29,30). The minimum atomic E-state index is 0.520. The maximum absolute atomic E-state index is 6.25. The third-order valence-electron chi connectivity index (χ3n) is 5.60. The van der Waals surface area contributed by atoms with Crippen molar-refractivity contribution >= 4 is 0 Å². The Kier molecular flexibility index (Phi) is 5.41. The van der Waals surface area contributed by atoms with Crippen LogP contribution in [0.1, 0.15) is 29.4 Å². The zero-order valence-corrected chi connectivity index (χ0v) is 17.4. The molecule has 5 rings (SSSR count). The Morgan fingerprint density at radius 3 is 2.65 bits per heavy atom. The van der Waals surface area contributed by atoms with Crippen molar-refractivity contribution in [2.45, 2.75) is 32.9 Å². The van der Waals surface area contributed by atoms with Gasteiger partial charge >= 0.3 is 0 Å². The van der Waals surface area contributed by atoms with Crippen molar-refractivity contribution in [2.24, 2.45) is 0 Å². The van der Waals surface area contributed by atoms with E-state index >= 15 is 0 Å². The van der Waals surface area contributed by atoms with Gasteiger partial charge in [-0.25, -0.2) is 0 Å². The molecule has 2 aromatic heterocycles. The predicted octanol–water partition coefficient (Wildman–Crippen LogP) is 3.72. The molecule has 4 aromatic rings. The molecule has 3 heterocycles. The predicted molar refractivity (Wildman–Crippen MR) is 118 cm³/mol. The van der Waals surface area contributed by atoms with Crippen LogP contribution in [-0.2, 0) is 26.0 Å². The van der Waals surface area contributed by atoms with Crippen molar-refractivity contribution in [3.05, 3.63) is 77.1 Å². The zero-order valence-electron chi connectivity index (χ0n) is 17.4. The van der Waals surface area contributed by atoms with Gasteiger partial charge in [0.25, 0.3) is 0 Å². The summed E-state index contributed by atoms with van der Waals surface area (Å²) in [6, 6.07) is 18.6. The molecule has 0 spiro atoms. The minimum Gasteiger partial charge on any atom is -0.488 e. The van der Waals surface area contributed by atoms with Crippen molar-refractivity contribution in [1.29, 1.82) is 0 Å². The second-order valence-corrected chi connectivity index (χ2v) is 7.58. The largest absolute Gasteiger partial charge is 0.488 e. The molecule has 156 valence electrons. The van der Waals surface area contributed by atoms with Crippen LogP contribution < -0.4 is 10.1 Å². The summed E-state index contributed by atoms with van der Waals surface area (Å²) in [6.07, 6.45) is 1.86. The molecule has 31 heavy (non-hydrogen) atoms. The molecule has 0 aliphatic carbocycles. The van der Waals surface area contributed by atoms with E-state index in [2.05, 4.69) is 69.3 Å². The molecule has 0 fully saturated rings. The number of benzene rings is 2. The first-order chi connectivity index (χ1) is 15.3. The Labute approximate surface area is 180 Å². The molecule has 2 aromatic carbocycles. The first kappa shape index (κ1) is 19.4. The number of aryl methyl sites for hydroxylation is 1. The van der Waals surface area contributed by atoms with Gasteiger partial charge in [0.15, 0.2) is 0 Å². The second kappa shape index (κ2) is 8.65. The average molecular weight is 412 g/mol. The summed E-state index contributed by atoms with van der Waals surface area (Å²) >= 11 is 0. The van der Waals surface area contributed by atoms with Crippen molar-refractivity contribution in [2.75, 3.05) is 6.54 Å². The number of hydrogen-bond acceptors (Lipinski definition) is 6. The Morgan fingerprint density at radius 2 is 1.87 bits per heavy atom. The van der Waals surface area contributed by atoms with Crippen molar-refractivity contribution in [3.8, 4) is 28.3 Å². The van der Waals surface area contributed by atoms with Gasteiger partial charge in [-0.2, -0.15) is 5.21 Å². The van der Waals surface area contributed by atoms with Gasteiger partial charge in [0.2, 0.25) is 5.82 Å². The van der Waals surface area contributed by atoms with E-state index in [4.69, 9.17) is 9.72 Å². The lowest BCUT2D eigenvalue weighted by molar-refractivity contribution is 0.299. The molecule has 0 atom stereocenters. The van der Waals surface area contributed by atoms with Crippen LogP contribution in [0.4, 0.5) is 0 Å². The number of aromatic nitrogens is 5. The third kappa shape index (κ3) is 4.04. The third-order valence-corrected chi connectivity index (χ3v) is 5.60. The van der Waals surface area contributed by atoms with E-state index in [0.29, 0.717) is 12.4 Å². The highest BCUT2D eigenvalue weighted by Gasteiger charge is 2.17. The Hall–Kier alpha value is -3.58. The van der Waals surface area contributed by atoms with Crippen molar-refractivity contribution in [1.82, 2.24) is 30.9 Å². The monoisotopic (exact) mass is 412 g/mol. The highest BCUT2D eigenvalue weighted by Crippen LogP contribution is 2.30. The van der Waals surface area contributed by atoms with E-state index in [0.717, 1.165) is 59.6 Å². The first-order valence-electron chi connectivity index (χ1n) is 10.6. The molecule has 0 amide bonds. The Balaban J connectivity index is 1.36. The second-order valence-electron chi connectivity index (χ2n) is 7.58. The fourth-order valence-electron chi connectivity index (χ4n) is 3.93. The van der Waals surface area contributed by atoms with Crippen LogP contribution in [0.15, 0.2) is 54.6 Å². The van der Waals surface area contributed by atoms with Crippen LogP contribution in [0.5, 0.6) is 5.75 Å². The number of aromatic amines is 1. The lowest BCUT2D eigenvalue weighted by Crippen LogP contribution is -2.25. The lowest BCUT2D eigenvalue weighted by Gasteiger charge is -2.21. The number of nitrogens with zero attached hydrogens (tertiary/aromatic N) is 4. The fraction of sp³-hybridized carbons (Fsp3) is 0.250. The van der Waals surface area contributed by atoms with E-state index in [1.807, 2.05) is 18.2 Å². The van der Waals surface area contributed by atoms with Crippen LogP contribution in [0.25, 0.3) is 22.5 Å². The number of nitrogens with one attached hydrogen (secondary N) is 2. The van der Waals surface area contributed by atoms with E-state index in [9.17, 15) is 0 Å². The van der Waals surface area contributed by atoms with Crippen LogP contribution in [0, 0.1) is 0 Å². The minimum absolute atomic E-state index is 0.520. The number of ether oxygens (including phenoxy) is 1. The number of rotatable bonds is 6. The molecule has 0 unspecified atom stereocenters. The maximum Gasteiger partial charge on any atom is 0.205 e. The normalized spacial score (nSPS) is 13.1. The Bertz CT molecular complexity index is 1170. The van der Waals surface area contributed by atoms with Gasteiger partial charge in [-0.3, -0.25) is 4.98 Å². The van der Waals surface area contributed by atoms with Crippen LogP contribution in [0.2, 0.25) is 0 Å². The van der Waals surface area contributed by atoms with Crippen LogP contribution in [0.3, 0.4) is 0 Å². The summed E-state index contributed by atoms with van der Waals surface area (Å²) in [6.45, 7) is 4.43. The fourth-order valence-corrected chi connectivity index (χ4v) is 3.93. The van der Waals surface area contributed by atoms with E-state index in [1.54, 1.807) is 0 Å². The van der Waals surface area contributed by atoms with Gasteiger partial charge in [-0.1, -0.05) is 55.5 Å². The molecule has 0 saturated carbocycles. The summed E-state index contributed by atoms with van der Waals surface area (Å²) in [5.74, 6) is 1.53. The van der Waals surface area contributed by atoms with Crippen LogP contribution >= 0.6 is 0 Å². The summed E-state index contributed by atoms with van der Waals surface area (Å²) in [7, 11) is 0. The number of hydrogen-bond donors (Lipinski definition) is 2. The van der Waals surface area contributed by atoms with Crippen molar-refractivity contribution in [3.63, 3.8) is 0 Å². The summed E-state index contributed by atoms with van der Waals surface area (Å²) < 4.78 is 6.25. The van der Waals surface area contributed by atoms with Gasteiger partial charge in [0.05, 0.1) is 5.69 Å². The van der Waals surface area contributed by atoms with E-state index < -0.39 is 0 Å². The highest BCUT2D eigenvalue weighted by molar-refractivity contribution is 5.80. The molecule has 0 saturated heterocycles. The van der Waals surface area contributed by atoms with Crippen LogP contribution in [-0.4, -0.2) is 32.2 Å². The molecular formula is C24H24N6O. The number of tetrazole rings is 1. The van der Waals surface area contributed by atoms with Gasteiger partial charge in [-0.05, 0) is 28.3 Å². The quantitative estimate of drug-likeness (QED) is 0.502. The lowest BCUT2D eigenvalue weighted by atomic mass is 9.98. The van der Waals surface area contributed by atoms with Gasteiger partial charge in [0.1, 0.15) is 12.4 Å². The molecule has 0 bridgehead atoms. The molecule has 1 aliphatic heterocycles. The van der Waals surface area contributed by atoms with Gasteiger partial charge in [-0.15, -0.1) is 10.2 Å². The van der Waals surface area contributed by atoms with Gasteiger partial charge < -0.3 is 10.1 Å². The van der Waals surface area contributed by atoms with E-state index in [1.165, 1.54) is 11.3 Å². The summed E-state index contributed by atoms with van der Waals surface area (Å²) in [5, 5.41) is 17.9. The molecule has 0 radical (unpaired) electrons. The van der Waals surface area contributed by atoms with E-state index in [-0.39, 0.29) is 0 Å². The molecule has 1 aliphatic rings. The maximum atomic E-state index is 6.25. The average Bonchev–Trinajstić information content (AvgIpc) is 3.37. The molecule has 2 N–H and O–H groups in total. The molecule has 7 heteroatoms. The highest BCUT2D eigenvalue weighted by atomic mass is 16.5. The molecular weight excluding hydrogens is 388 g/mol. The molecule has 7 nitrogen and oxygen atoms in total. The Morgan fingerprint density at radius 1 is 1.03 bits per heavy atom. The summed E-state index contributed by atoms with van der Waals surface area (Å²) in [5.41, 5.74) is 7.68. The van der Waals surface area contributed by atoms with Crippen molar-refractivity contribution < 1.29 is 4.74 Å². The smallest absolute Gasteiger partial charge is 0.205 e. The SMILES string of the molecule is CCc1cc(OCc2ccc(-c3ccccc3-c3nn[nH]n3)cc2)c2c(n1)CCNC2. The summed E-state index contributed by atoms with van der Waals surface area (Å²) in [4.78, 5) is 4.79. The number of fused-ring (bicyclic) bond motifs is 1. The topological polar surface area (TPSA) is 88.6 Å². The number of pyridine rings is 1. The first-order valence-corrected chi connectivity index (χ1v) is 10.6.